The van der Waals surface area contributed by atoms with Crippen molar-refractivity contribution in [1.29, 1.82) is 0 Å². The van der Waals surface area contributed by atoms with Crippen LogP contribution in [0.1, 0.15) is 36.5 Å². The van der Waals surface area contributed by atoms with Gasteiger partial charge in [0.2, 0.25) is 0 Å². The first-order chi connectivity index (χ1) is 9.50. The highest BCUT2D eigenvalue weighted by atomic mass is 79.9. The van der Waals surface area contributed by atoms with Crippen LogP contribution in [0.3, 0.4) is 0 Å². The summed E-state index contributed by atoms with van der Waals surface area (Å²) in [6, 6.07) is 12.0. The normalized spacial score (nSPS) is 14.1. The molecule has 2 rings (SSSR count). The van der Waals surface area contributed by atoms with Crippen molar-refractivity contribution in [2.45, 2.75) is 25.4 Å². The number of hydrogen-bond acceptors (Lipinski definition) is 1. The van der Waals surface area contributed by atoms with Gasteiger partial charge in [-0.2, -0.15) is 0 Å². The van der Waals surface area contributed by atoms with E-state index < -0.39 is 17.7 Å². The fourth-order valence-corrected chi connectivity index (χ4v) is 2.56. The van der Waals surface area contributed by atoms with Crippen LogP contribution in [-0.2, 0) is 0 Å². The van der Waals surface area contributed by atoms with Crippen LogP contribution in [0.4, 0.5) is 8.78 Å². The van der Waals surface area contributed by atoms with Gasteiger partial charge in [-0.3, -0.25) is 0 Å². The molecule has 2 atom stereocenters. The van der Waals surface area contributed by atoms with Gasteiger partial charge in [-0.05, 0) is 46.0 Å². The predicted molar refractivity (Wildman–Crippen MR) is 78.5 cm³/mol. The second kappa shape index (κ2) is 6.46. The average molecular weight is 341 g/mol. The van der Waals surface area contributed by atoms with E-state index in [1.54, 1.807) is 0 Å². The van der Waals surface area contributed by atoms with Crippen molar-refractivity contribution in [2.75, 3.05) is 0 Å². The van der Waals surface area contributed by atoms with E-state index in [-0.39, 0.29) is 22.4 Å². The third kappa shape index (κ3) is 3.25. The highest BCUT2D eigenvalue weighted by Gasteiger charge is 2.22. The quantitative estimate of drug-likeness (QED) is 0.780. The lowest BCUT2D eigenvalue weighted by Gasteiger charge is -2.18. The summed E-state index contributed by atoms with van der Waals surface area (Å²) in [7, 11) is 0. The maximum Gasteiger partial charge on any atom is 0.146 e. The molecule has 0 aliphatic carbocycles. The molecule has 0 radical (unpaired) electrons. The van der Waals surface area contributed by atoms with Crippen LogP contribution in [0, 0.1) is 11.6 Å². The molecule has 1 nitrogen and oxygen atoms in total. The number of rotatable bonds is 4. The lowest BCUT2D eigenvalue weighted by Crippen LogP contribution is -2.08. The van der Waals surface area contributed by atoms with Gasteiger partial charge in [0.1, 0.15) is 11.6 Å². The summed E-state index contributed by atoms with van der Waals surface area (Å²) in [5, 5.41) is 10.1. The largest absolute Gasteiger partial charge is 0.388 e. The van der Waals surface area contributed by atoms with Crippen molar-refractivity contribution in [3.8, 4) is 0 Å². The Kier molecular flexibility index (Phi) is 4.89. The van der Waals surface area contributed by atoms with Crippen LogP contribution in [0.2, 0.25) is 0 Å². The zero-order valence-corrected chi connectivity index (χ0v) is 12.6. The molecule has 0 amide bonds. The van der Waals surface area contributed by atoms with Crippen molar-refractivity contribution in [3.05, 3.63) is 69.7 Å². The van der Waals surface area contributed by atoms with Crippen LogP contribution in [0.5, 0.6) is 0 Å². The van der Waals surface area contributed by atoms with E-state index in [2.05, 4.69) is 15.9 Å². The van der Waals surface area contributed by atoms with Gasteiger partial charge in [0, 0.05) is 0 Å². The Morgan fingerprint density at radius 3 is 2.40 bits per heavy atom. The fraction of sp³-hybridized carbons (Fsp3) is 0.250. The van der Waals surface area contributed by atoms with Gasteiger partial charge < -0.3 is 5.11 Å². The highest BCUT2D eigenvalue weighted by Crippen LogP contribution is 2.32. The minimum absolute atomic E-state index is 0.00369. The lowest BCUT2D eigenvalue weighted by atomic mass is 9.92. The molecule has 0 aromatic heterocycles. The van der Waals surface area contributed by atoms with Gasteiger partial charge in [-0.15, -0.1) is 0 Å². The van der Waals surface area contributed by atoms with E-state index in [1.165, 1.54) is 6.07 Å². The van der Waals surface area contributed by atoms with Crippen molar-refractivity contribution in [2.24, 2.45) is 0 Å². The van der Waals surface area contributed by atoms with E-state index in [9.17, 15) is 13.9 Å². The second-order valence-corrected chi connectivity index (χ2v) is 5.67. The third-order valence-corrected chi connectivity index (χ3v) is 3.97. The maximum absolute atomic E-state index is 13.9. The Morgan fingerprint density at radius 2 is 1.75 bits per heavy atom. The topological polar surface area (TPSA) is 20.2 Å². The summed E-state index contributed by atoms with van der Waals surface area (Å²) in [4.78, 5) is 0. The molecule has 0 aliphatic heterocycles. The van der Waals surface area contributed by atoms with E-state index in [1.807, 2.05) is 37.3 Å². The Morgan fingerprint density at radius 1 is 1.10 bits per heavy atom. The van der Waals surface area contributed by atoms with E-state index >= 15 is 0 Å². The molecule has 2 unspecified atom stereocenters. The summed E-state index contributed by atoms with van der Waals surface area (Å²) >= 11 is 3.01. The molecule has 0 heterocycles. The minimum Gasteiger partial charge on any atom is -0.388 e. The number of benzene rings is 2. The summed E-state index contributed by atoms with van der Waals surface area (Å²) < 4.78 is 27.8. The zero-order valence-electron chi connectivity index (χ0n) is 11.0. The van der Waals surface area contributed by atoms with Crippen LogP contribution < -0.4 is 0 Å². The predicted octanol–water partition coefficient (Wildman–Crippen LogP) is 4.95. The first kappa shape index (κ1) is 15.1. The van der Waals surface area contributed by atoms with E-state index in [0.29, 0.717) is 0 Å². The summed E-state index contributed by atoms with van der Waals surface area (Å²) in [6.45, 7) is 1.92. The average Bonchev–Trinajstić information content (AvgIpc) is 2.44. The van der Waals surface area contributed by atoms with Crippen LogP contribution in [-0.4, -0.2) is 5.11 Å². The molecule has 0 aliphatic rings. The Balaban J connectivity index is 2.21. The summed E-state index contributed by atoms with van der Waals surface area (Å²) in [5.41, 5.74) is 0.754. The molecule has 2 aromatic carbocycles. The van der Waals surface area contributed by atoms with Gasteiger partial charge >= 0.3 is 0 Å². The minimum atomic E-state index is -1.18. The van der Waals surface area contributed by atoms with Gasteiger partial charge in [0.25, 0.3) is 0 Å². The molecule has 0 saturated carbocycles. The smallest absolute Gasteiger partial charge is 0.146 e. The Bertz CT molecular complexity index is 587. The number of aliphatic hydroxyl groups excluding tert-OH is 1. The van der Waals surface area contributed by atoms with Gasteiger partial charge in [-0.1, -0.05) is 37.3 Å². The second-order valence-electron chi connectivity index (χ2n) is 4.82. The van der Waals surface area contributed by atoms with Crippen molar-refractivity contribution in [1.82, 2.24) is 0 Å². The highest BCUT2D eigenvalue weighted by molar-refractivity contribution is 9.10. The maximum atomic E-state index is 13.9. The molecule has 0 saturated heterocycles. The van der Waals surface area contributed by atoms with Crippen molar-refractivity contribution >= 4 is 15.9 Å². The van der Waals surface area contributed by atoms with Crippen molar-refractivity contribution < 1.29 is 13.9 Å². The first-order valence-corrected chi connectivity index (χ1v) is 7.16. The lowest BCUT2D eigenvalue weighted by molar-refractivity contribution is 0.150. The molecule has 0 spiro atoms. The molecular weight excluding hydrogens is 326 g/mol. The van der Waals surface area contributed by atoms with Gasteiger partial charge in [0.15, 0.2) is 0 Å². The molecule has 106 valence electrons. The Labute approximate surface area is 125 Å². The third-order valence-electron chi connectivity index (χ3n) is 3.36. The SMILES string of the molecule is CC(CC(O)c1c(F)ccc(Br)c1F)c1ccccc1. The number of halogens is 3. The van der Waals surface area contributed by atoms with Crippen molar-refractivity contribution in [3.63, 3.8) is 0 Å². The van der Waals surface area contributed by atoms with Gasteiger partial charge in [0.05, 0.1) is 16.1 Å². The molecule has 0 fully saturated rings. The van der Waals surface area contributed by atoms with Crippen LogP contribution in [0.25, 0.3) is 0 Å². The fourth-order valence-electron chi connectivity index (χ4n) is 2.22. The van der Waals surface area contributed by atoms with Gasteiger partial charge in [-0.25, -0.2) is 8.78 Å². The van der Waals surface area contributed by atoms with Crippen LogP contribution >= 0.6 is 15.9 Å². The molecule has 20 heavy (non-hydrogen) atoms. The van der Waals surface area contributed by atoms with E-state index in [0.717, 1.165) is 11.6 Å². The molecule has 1 N–H and O–H groups in total. The first-order valence-electron chi connectivity index (χ1n) is 6.37. The molecule has 0 bridgehead atoms. The summed E-state index contributed by atoms with van der Waals surface area (Å²) in [5.74, 6) is -1.46. The number of hydrogen-bond donors (Lipinski definition) is 1. The molecule has 2 aromatic rings. The monoisotopic (exact) mass is 340 g/mol. The number of aliphatic hydroxyl groups is 1. The zero-order chi connectivity index (χ0) is 14.7. The summed E-state index contributed by atoms with van der Waals surface area (Å²) in [6.07, 6.45) is -0.920. The molecule has 4 heteroatoms. The standard InChI is InChI=1S/C16H15BrF2O/c1-10(11-5-3-2-4-6-11)9-14(20)15-13(18)8-7-12(17)16(15)19/h2-8,10,14,20H,9H2,1H3. The van der Waals surface area contributed by atoms with Crippen LogP contribution in [0.15, 0.2) is 46.9 Å². The Hall–Kier alpha value is -1.26. The molecular formula is C16H15BrF2O. The van der Waals surface area contributed by atoms with E-state index in [4.69, 9.17) is 0 Å².